The van der Waals surface area contributed by atoms with Gasteiger partial charge in [0.1, 0.15) is 0 Å². The van der Waals surface area contributed by atoms with E-state index in [4.69, 9.17) is 5.73 Å². The third-order valence-electron chi connectivity index (χ3n) is 0.514. The van der Waals surface area contributed by atoms with Crippen molar-refractivity contribution in [2.75, 3.05) is 0 Å². The predicted molar refractivity (Wildman–Crippen MR) is 25.6 cm³/mol. The maximum absolute atomic E-state index is 5.16. The molecule has 0 unspecified atom stereocenters. The number of rotatable bonds is 1. The van der Waals surface area contributed by atoms with E-state index < -0.39 is 0 Å². The van der Waals surface area contributed by atoms with Crippen LogP contribution in [0.4, 0.5) is 0 Å². The Kier molecular flexibility index (Phi) is 1.28. The van der Waals surface area contributed by atoms with Crippen LogP contribution < -0.4 is 5.73 Å². The van der Waals surface area contributed by atoms with E-state index in [9.17, 15) is 0 Å². The predicted octanol–water partition coefficient (Wildman–Crippen LogP) is -0.608. The first-order valence-electron chi connectivity index (χ1n) is 1.77. The molecule has 0 aliphatic rings. The Morgan fingerprint density at radius 2 is 2.57 bits per heavy atom. The molecule has 1 rings (SSSR count). The maximum atomic E-state index is 5.16. The number of hydrogen-bond acceptors (Lipinski definition) is 5. The van der Waals surface area contributed by atoms with Gasteiger partial charge in [0, 0.05) is 18.1 Å². The van der Waals surface area contributed by atoms with Gasteiger partial charge in [0.05, 0.1) is 0 Å². The molecule has 0 saturated carbocycles. The minimum Gasteiger partial charge on any atom is -0.324 e. The minimum atomic E-state index is 0.442. The molecule has 0 atom stereocenters. The van der Waals surface area contributed by atoms with Gasteiger partial charge in [-0.3, -0.25) is 0 Å². The standard InChI is InChI=1S/C2H4N4S/c3-1-2-4-5-6-7-2/h1,3H2. The van der Waals surface area contributed by atoms with Crippen LogP contribution in [0.5, 0.6) is 0 Å². The van der Waals surface area contributed by atoms with Gasteiger partial charge in [0.25, 0.3) is 0 Å². The van der Waals surface area contributed by atoms with Gasteiger partial charge in [-0.2, -0.15) is 0 Å². The van der Waals surface area contributed by atoms with Crippen molar-refractivity contribution >= 4 is 11.5 Å². The molecule has 5 heteroatoms. The van der Waals surface area contributed by atoms with E-state index >= 15 is 0 Å². The Morgan fingerprint density at radius 3 is 2.86 bits per heavy atom. The Labute approximate surface area is 44.5 Å². The highest BCUT2D eigenvalue weighted by atomic mass is 32.1. The van der Waals surface area contributed by atoms with Crippen molar-refractivity contribution in [2.24, 2.45) is 5.73 Å². The molecule has 0 aliphatic carbocycles. The van der Waals surface area contributed by atoms with Gasteiger partial charge in [-0.05, 0) is 5.21 Å². The molecule has 2 N–H and O–H groups in total. The monoisotopic (exact) mass is 116 g/mol. The second-order valence-electron chi connectivity index (χ2n) is 0.960. The van der Waals surface area contributed by atoms with E-state index in [1.165, 1.54) is 11.5 Å². The summed E-state index contributed by atoms with van der Waals surface area (Å²) in [6.45, 7) is 0.442. The van der Waals surface area contributed by atoms with Crippen molar-refractivity contribution in [1.82, 2.24) is 14.8 Å². The van der Waals surface area contributed by atoms with E-state index in [0.717, 1.165) is 5.01 Å². The van der Waals surface area contributed by atoms with E-state index in [0.29, 0.717) is 6.54 Å². The average Bonchev–Trinajstić information content (AvgIpc) is 2.14. The number of aromatic nitrogens is 3. The van der Waals surface area contributed by atoms with Crippen LogP contribution in [0.15, 0.2) is 0 Å². The topological polar surface area (TPSA) is 64.7 Å². The first kappa shape index (κ1) is 4.61. The zero-order chi connectivity index (χ0) is 5.11. The second kappa shape index (κ2) is 1.94. The molecule has 1 aromatic heterocycles. The molecule has 1 heterocycles. The molecule has 0 fully saturated rings. The van der Waals surface area contributed by atoms with Gasteiger partial charge < -0.3 is 5.73 Å². The zero-order valence-electron chi connectivity index (χ0n) is 3.53. The number of nitrogens with zero attached hydrogens (tertiary/aromatic N) is 3. The van der Waals surface area contributed by atoms with Gasteiger partial charge in [0.15, 0.2) is 5.01 Å². The number of nitrogens with two attached hydrogens (primary N) is 1. The molecule has 0 radical (unpaired) electrons. The van der Waals surface area contributed by atoms with Gasteiger partial charge in [0.2, 0.25) is 0 Å². The first-order chi connectivity index (χ1) is 3.43. The largest absolute Gasteiger partial charge is 0.324 e. The summed E-state index contributed by atoms with van der Waals surface area (Å²) >= 11 is 1.23. The highest BCUT2D eigenvalue weighted by Crippen LogP contribution is 1.92. The molecule has 0 bridgehead atoms. The fourth-order valence-corrected chi connectivity index (χ4v) is 0.545. The molecule has 0 spiro atoms. The summed E-state index contributed by atoms with van der Waals surface area (Å²) in [5.41, 5.74) is 5.16. The summed E-state index contributed by atoms with van der Waals surface area (Å²) < 4.78 is 3.49. The molecule has 4 nitrogen and oxygen atoms in total. The molecule has 0 saturated heterocycles. The summed E-state index contributed by atoms with van der Waals surface area (Å²) in [6.07, 6.45) is 0. The minimum absolute atomic E-state index is 0.442. The van der Waals surface area contributed by atoms with Crippen molar-refractivity contribution < 1.29 is 0 Å². The van der Waals surface area contributed by atoms with Crippen LogP contribution in [0.2, 0.25) is 0 Å². The Morgan fingerprint density at radius 1 is 1.71 bits per heavy atom. The van der Waals surface area contributed by atoms with Crippen LogP contribution in [0.1, 0.15) is 5.01 Å². The van der Waals surface area contributed by atoms with Gasteiger partial charge in [-0.15, -0.1) is 5.10 Å². The fourth-order valence-electron chi connectivity index (χ4n) is 0.230. The van der Waals surface area contributed by atoms with E-state index in [-0.39, 0.29) is 0 Å². The lowest BCUT2D eigenvalue weighted by Gasteiger charge is -1.73. The SMILES string of the molecule is NCc1nnns1. The van der Waals surface area contributed by atoms with Gasteiger partial charge >= 0.3 is 0 Å². The Hall–Kier alpha value is -0.550. The maximum Gasteiger partial charge on any atom is 0.151 e. The van der Waals surface area contributed by atoms with Crippen molar-refractivity contribution in [3.63, 3.8) is 0 Å². The van der Waals surface area contributed by atoms with Crippen molar-refractivity contribution in [3.05, 3.63) is 5.01 Å². The lowest BCUT2D eigenvalue weighted by Crippen LogP contribution is -1.94. The smallest absolute Gasteiger partial charge is 0.151 e. The van der Waals surface area contributed by atoms with Crippen molar-refractivity contribution in [2.45, 2.75) is 6.54 Å². The zero-order valence-corrected chi connectivity index (χ0v) is 4.35. The third kappa shape index (κ3) is 0.908. The summed E-state index contributed by atoms with van der Waals surface area (Å²) in [4.78, 5) is 0. The molecule has 0 aliphatic heterocycles. The molecular weight excluding hydrogens is 112 g/mol. The van der Waals surface area contributed by atoms with Crippen LogP contribution in [0.3, 0.4) is 0 Å². The van der Waals surface area contributed by atoms with E-state index in [2.05, 4.69) is 14.8 Å². The highest BCUT2D eigenvalue weighted by Gasteiger charge is 1.88. The lowest BCUT2D eigenvalue weighted by atomic mass is 10.7. The van der Waals surface area contributed by atoms with Crippen molar-refractivity contribution in [3.8, 4) is 0 Å². The number of hydrogen-bond donors (Lipinski definition) is 1. The second-order valence-corrected chi connectivity index (χ2v) is 1.78. The fraction of sp³-hybridized carbons (Fsp3) is 0.500. The summed E-state index contributed by atoms with van der Waals surface area (Å²) in [5, 5.41) is 7.68. The Balaban J connectivity index is 2.76. The average molecular weight is 116 g/mol. The van der Waals surface area contributed by atoms with E-state index in [1.54, 1.807) is 0 Å². The van der Waals surface area contributed by atoms with Crippen LogP contribution in [0.25, 0.3) is 0 Å². The molecule has 7 heavy (non-hydrogen) atoms. The van der Waals surface area contributed by atoms with Crippen LogP contribution >= 0.6 is 11.5 Å². The summed E-state index contributed by atoms with van der Waals surface area (Å²) in [7, 11) is 0. The molecular formula is C2H4N4S. The molecule has 38 valence electrons. The van der Waals surface area contributed by atoms with Gasteiger partial charge in [-0.25, -0.2) is 0 Å². The lowest BCUT2D eigenvalue weighted by molar-refractivity contribution is 0.899. The van der Waals surface area contributed by atoms with Gasteiger partial charge in [-0.1, -0.05) is 4.49 Å². The van der Waals surface area contributed by atoms with Crippen LogP contribution in [0, 0.1) is 0 Å². The Bertz CT molecular complexity index is 124. The normalized spacial score (nSPS) is 9.29. The quantitative estimate of drug-likeness (QED) is 0.531. The van der Waals surface area contributed by atoms with E-state index in [1.807, 2.05) is 0 Å². The highest BCUT2D eigenvalue weighted by molar-refractivity contribution is 7.05. The molecule has 0 aromatic carbocycles. The first-order valence-corrected chi connectivity index (χ1v) is 2.55. The molecule has 1 aromatic rings. The van der Waals surface area contributed by atoms with Crippen molar-refractivity contribution in [1.29, 1.82) is 0 Å². The summed E-state index contributed by atoms with van der Waals surface area (Å²) in [6, 6.07) is 0. The van der Waals surface area contributed by atoms with Crippen LogP contribution in [-0.2, 0) is 6.54 Å². The summed E-state index contributed by atoms with van der Waals surface area (Å²) in [5.74, 6) is 0. The van der Waals surface area contributed by atoms with Crippen LogP contribution in [-0.4, -0.2) is 14.8 Å². The third-order valence-corrected chi connectivity index (χ3v) is 1.13. The molecule has 0 amide bonds.